The van der Waals surface area contributed by atoms with Crippen LogP contribution in [0.5, 0.6) is 5.75 Å². The topological polar surface area (TPSA) is 60.5 Å². The molecule has 1 N–H and O–H groups in total. The third-order valence-electron chi connectivity index (χ3n) is 4.61. The van der Waals surface area contributed by atoms with E-state index in [0.29, 0.717) is 11.0 Å². The molecular formula is C20H25N2O3S+. The first-order valence-corrected chi connectivity index (χ1v) is 9.71. The van der Waals surface area contributed by atoms with Crippen molar-refractivity contribution in [2.45, 2.75) is 26.7 Å². The van der Waals surface area contributed by atoms with Crippen molar-refractivity contribution in [2.24, 2.45) is 11.3 Å². The number of anilines is 1. The van der Waals surface area contributed by atoms with E-state index in [-0.39, 0.29) is 5.91 Å². The quantitative estimate of drug-likeness (QED) is 0.762. The average molecular weight is 373 g/mol. The molecule has 2 heterocycles. The number of nitrogens with zero attached hydrogens (tertiary/aromatic N) is 1. The van der Waals surface area contributed by atoms with E-state index in [1.807, 2.05) is 43.5 Å². The molecule has 1 amide bonds. The molecule has 0 spiro atoms. The normalized spacial score (nSPS) is 15.5. The minimum Gasteiger partial charge on any atom is -0.497 e. The van der Waals surface area contributed by atoms with Crippen LogP contribution in [-0.4, -0.2) is 31.2 Å². The van der Waals surface area contributed by atoms with E-state index >= 15 is 0 Å². The Bertz CT molecular complexity index is 734. The number of thiazole rings is 1. The number of hydrogen-bond donors (Lipinski definition) is 1. The Balaban J connectivity index is 1.62. The molecule has 1 fully saturated rings. The van der Waals surface area contributed by atoms with Gasteiger partial charge in [-0.3, -0.25) is 10.1 Å². The standard InChI is InChI=1S/C20H24N2O3S/c1-20(2,12-14-8-10-25-11-9-14)18(23)22-19-21-17(13-26-19)15-4-6-16(24-3)7-5-15/h4-7,12-14H,8-11H2,1-3H3/p+1. The number of amides is 1. The Labute approximate surface area is 158 Å². The summed E-state index contributed by atoms with van der Waals surface area (Å²) in [6, 6.07) is 7.72. The SMILES string of the molecule is COc1ccc(-c2csc(NC(=O)C(C)(C)[CH+]C3CCOCC3)n2)cc1. The third kappa shape index (κ3) is 4.56. The van der Waals surface area contributed by atoms with Crippen molar-refractivity contribution in [3.63, 3.8) is 0 Å². The van der Waals surface area contributed by atoms with Gasteiger partial charge in [-0.05, 0) is 38.1 Å². The lowest BCUT2D eigenvalue weighted by Gasteiger charge is -2.22. The van der Waals surface area contributed by atoms with Gasteiger partial charge in [0.15, 0.2) is 10.5 Å². The maximum Gasteiger partial charge on any atom is 0.276 e. The molecule has 0 aliphatic carbocycles. The third-order valence-corrected chi connectivity index (χ3v) is 5.37. The van der Waals surface area contributed by atoms with E-state index in [1.54, 1.807) is 7.11 Å². The number of hydrogen-bond acceptors (Lipinski definition) is 5. The van der Waals surface area contributed by atoms with Crippen molar-refractivity contribution in [3.05, 3.63) is 36.1 Å². The number of ether oxygens (including phenoxy) is 2. The van der Waals surface area contributed by atoms with Crippen LogP contribution < -0.4 is 10.1 Å². The molecule has 0 bridgehead atoms. The highest BCUT2D eigenvalue weighted by atomic mass is 32.1. The molecule has 1 aromatic carbocycles. The summed E-state index contributed by atoms with van der Waals surface area (Å²) in [7, 11) is 1.64. The molecule has 6 heteroatoms. The summed E-state index contributed by atoms with van der Waals surface area (Å²) in [5.74, 6) is 1.21. The Hall–Kier alpha value is -2.05. The molecule has 1 aliphatic rings. The zero-order valence-electron chi connectivity index (χ0n) is 15.5. The van der Waals surface area contributed by atoms with Crippen LogP contribution in [-0.2, 0) is 9.53 Å². The largest absolute Gasteiger partial charge is 0.497 e. The van der Waals surface area contributed by atoms with E-state index in [4.69, 9.17) is 9.47 Å². The summed E-state index contributed by atoms with van der Waals surface area (Å²) in [5, 5.41) is 5.54. The van der Waals surface area contributed by atoms with Gasteiger partial charge in [-0.15, -0.1) is 11.3 Å². The maximum absolute atomic E-state index is 12.7. The number of carbonyl (C=O) groups is 1. The molecule has 138 valence electrons. The first kappa shape index (κ1) is 18.7. The van der Waals surface area contributed by atoms with Crippen LogP contribution >= 0.6 is 11.3 Å². The van der Waals surface area contributed by atoms with Crippen molar-refractivity contribution in [2.75, 3.05) is 25.6 Å². The van der Waals surface area contributed by atoms with Crippen molar-refractivity contribution >= 4 is 22.4 Å². The summed E-state index contributed by atoms with van der Waals surface area (Å²) in [5.41, 5.74) is 1.29. The van der Waals surface area contributed by atoms with Crippen molar-refractivity contribution in [1.29, 1.82) is 0 Å². The van der Waals surface area contributed by atoms with Crippen LogP contribution in [0.4, 0.5) is 5.13 Å². The first-order chi connectivity index (χ1) is 12.5. The van der Waals surface area contributed by atoms with E-state index in [1.165, 1.54) is 11.3 Å². The zero-order chi connectivity index (χ0) is 18.6. The van der Waals surface area contributed by atoms with Crippen molar-refractivity contribution in [1.82, 2.24) is 4.98 Å². The van der Waals surface area contributed by atoms with Gasteiger partial charge in [0.1, 0.15) is 11.7 Å². The Morgan fingerprint density at radius 1 is 1.31 bits per heavy atom. The second kappa shape index (κ2) is 8.10. The highest BCUT2D eigenvalue weighted by Gasteiger charge is 2.41. The van der Waals surface area contributed by atoms with Crippen LogP contribution in [0.15, 0.2) is 29.6 Å². The van der Waals surface area contributed by atoms with Gasteiger partial charge in [0, 0.05) is 23.8 Å². The van der Waals surface area contributed by atoms with E-state index in [9.17, 15) is 4.79 Å². The van der Waals surface area contributed by atoms with Crippen LogP contribution in [0.25, 0.3) is 11.3 Å². The van der Waals surface area contributed by atoms with Crippen molar-refractivity contribution < 1.29 is 14.3 Å². The van der Waals surface area contributed by atoms with E-state index in [2.05, 4.69) is 16.7 Å². The lowest BCUT2D eigenvalue weighted by Crippen LogP contribution is -2.34. The number of nitrogens with one attached hydrogen (secondary N) is 1. The van der Waals surface area contributed by atoms with Gasteiger partial charge < -0.3 is 9.47 Å². The molecule has 26 heavy (non-hydrogen) atoms. The maximum atomic E-state index is 12.7. The van der Waals surface area contributed by atoms with Crippen molar-refractivity contribution in [3.8, 4) is 17.0 Å². The number of benzene rings is 1. The molecular weight excluding hydrogens is 348 g/mol. The smallest absolute Gasteiger partial charge is 0.276 e. The van der Waals surface area contributed by atoms with Crippen LogP contribution in [0.1, 0.15) is 26.7 Å². The molecule has 0 unspecified atom stereocenters. The Morgan fingerprint density at radius 3 is 2.65 bits per heavy atom. The summed E-state index contributed by atoms with van der Waals surface area (Å²) in [4.78, 5) is 17.3. The summed E-state index contributed by atoms with van der Waals surface area (Å²) < 4.78 is 10.6. The molecule has 1 aromatic heterocycles. The molecule has 0 saturated carbocycles. The lowest BCUT2D eigenvalue weighted by atomic mass is 9.79. The minimum atomic E-state index is -0.548. The van der Waals surface area contributed by atoms with Crippen LogP contribution in [0, 0.1) is 17.8 Å². The highest BCUT2D eigenvalue weighted by Crippen LogP contribution is 2.32. The van der Waals surface area contributed by atoms with Gasteiger partial charge in [0.05, 0.1) is 32.4 Å². The van der Waals surface area contributed by atoms with Crippen LogP contribution in [0.3, 0.4) is 0 Å². The van der Waals surface area contributed by atoms with E-state index in [0.717, 1.165) is 43.1 Å². The zero-order valence-corrected chi connectivity index (χ0v) is 16.3. The fraction of sp³-hybridized carbons (Fsp3) is 0.450. The molecule has 1 aliphatic heterocycles. The van der Waals surface area contributed by atoms with Crippen LogP contribution in [0.2, 0.25) is 0 Å². The predicted molar refractivity (Wildman–Crippen MR) is 104 cm³/mol. The Kier molecular flexibility index (Phi) is 5.84. The summed E-state index contributed by atoms with van der Waals surface area (Å²) in [6.07, 6.45) is 4.12. The average Bonchev–Trinajstić information content (AvgIpc) is 3.11. The molecule has 2 aromatic rings. The molecule has 0 atom stereocenters. The molecule has 1 saturated heterocycles. The van der Waals surface area contributed by atoms with Gasteiger partial charge >= 0.3 is 0 Å². The number of aromatic nitrogens is 1. The lowest BCUT2D eigenvalue weighted by molar-refractivity contribution is -0.123. The van der Waals surface area contributed by atoms with Gasteiger partial charge in [-0.25, -0.2) is 4.98 Å². The second-order valence-corrected chi connectivity index (χ2v) is 7.92. The molecule has 3 rings (SSSR count). The summed E-state index contributed by atoms with van der Waals surface area (Å²) >= 11 is 1.44. The fourth-order valence-corrected chi connectivity index (χ4v) is 3.75. The second-order valence-electron chi connectivity index (χ2n) is 7.06. The number of carbonyl (C=O) groups excluding carboxylic acids is 1. The minimum absolute atomic E-state index is 0.0281. The number of rotatable bonds is 6. The highest BCUT2D eigenvalue weighted by molar-refractivity contribution is 7.14. The predicted octanol–water partition coefficient (Wildman–Crippen LogP) is 4.41. The van der Waals surface area contributed by atoms with Gasteiger partial charge in [-0.1, -0.05) is 0 Å². The monoisotopic (exact) mass is 373 g/mol. The molecule has 0 radical (unpaired) electrons. The number of methoxy groups -OCH3 is 1. The van der Waals surface area contributed by atoms with E-state index < -0.39 is 5.41 Å². The fourth-order valence-electron chi connectivity index (χ4n) is 3.03. The van der Waals surface area contributed by atoms with Gasteiger partial charge in [-0.2, -0.15) is 0 Å². The van der Waals surface area contributed by atoms with Gasteiger partial charge in [0.2, 0.25) is 0 Å². The summed E-state index contributed by atoms with van der Waals surface area (Å²) in [6.45, 7) is 5.46. The Morgan fingerprint density at radius 2 is 2.00 bits per heavy atom. The van der Waals surface area contributed by atoms with Gasteiger partial charge in [0.25, 0.3) is 5.91 Å². The first-order valence-electron chi connectivity index (χ1n) is 8.83. The molecule has 5 nitrogen and oxygen atoms in total.